The van der Waals surface area contributed by atoms with E-state index in [0.717, 1.165) is 11.1 Å². The zero-order chi connectivity index (χ0) is 13.5. The van der Waals surface area contributed by atoms with Crippen LogP contribution < -0.4 is 0 Å². The lowest BCUT2D eigenvalue weighted by molar-refractivity contribution is -0.138. The van der Waals surface area contributed by atoms with Crippen LogP contribution in [0.2, 0.25) is 0 Å². The first kappa shape index (κ1) is 14.2. The van der Waals surface area contributed by atoms with Gasteiger partial charge in [0, 0.05) is 19.5 Å². The molecule has 0 heterocycles. The van der Waals surface area contributed by atoms with Crippen molar-refractivity contribution in [1.82, 2.24) is 4.90 Å². The number of nitrogens with zero attached hydrogens (tertiary/aromatic N) is 1. The first-order valence-corrected chi connectivity index (χ1v) is 6.08. The summed E-state index contributed by atoms with van der Waals surface area (Å²) in [6.45, 7) is 4.52. The molecule has 1 amide bonds. The largest absolute Gasteiger partial charge is 0.481 e. The van der Waals surface area contributed by atoms with Crippen LogP contribution >= 0.6 is 0 Å². The SMILES string of the molecule is CCC(=O)N(CCC(=O)O)Cc1ccc(C)cc1. The Morgan fingerprint density at radius 3 is 2.33 bits per heavy atom. The highest BCUT2D eigenvalue weighted by Gasteiger charge is 2.13. The van der Waals surface area contributed by atoms with Gasteiger partial charge in [-0.2, -0.15) is 0 Å². The number of rotatable bonds is 6. The summed E-state index contributed by atoms with van der Waals surface area (Å²) in [5.41, 5.74) is 2.19. The number of aliphatic carboxylic acids is 1. The summed E-state index contributed by atoms with van der Waals surface area (Å²) in [6.07, 6.45) is 0.378. The highest BCUT2D eigenvalue weighted by molar-refractivity contribution is 5.76. The minimum absolute atomic E-state index is 0.0163. The summed E-state index contributed by atoms with van der Waals surface area (Å²) in [4.78, 5) is 23.9. The van der Waals surface area contributed by atoms with Gasteiger partial charge >= 0.3 is 5.97 Å². The molecule has 0 aromatic heterocycles. The van der Waals surface area contributed by atoms with Crippen molar-refractivity contribution in [2.24, 2.45) is 0 Å². The zero-order valence-electron chi connectivity index (χ0n) is 10.8. The fraction of sp³-hybridized carbons (Fsp3) is 0.429. The van der Waals surface area contributed by atoms with Crippen LogP contribution in [0.1, 0.15) is 30.9 Å². The lowest BCUT2D eigenvalue weighted by Gasteiger charge is -2.21. The molecule has 0 radical (unpaired) electrons. The van der Waals surface area contributed by atoms with Crippen LogP contribution in [0.25, 0.3) is 0 Å². The fourth-order valence-corrected chi connectivity index (χ4v) is 1.66. The Bertz CT molecular complexity index is 412. The molecule has 1 N–H and O–H groups in total. The molecule has 0 aliphatic heterocycles. The summed E-state index contributed by atoms with van der Waals surface area (Å²) < 4.78 is 0. The Kier molecular flexibility index (Phi) is 5.36. The minimum atomic E-state index is -0.882. The van der Waals surface area contributed by atoms with E-state index in [1.54, 1.807) is 11.8 Å². The zero-order valence-corrected chi connectivity index (χ0v) is 10.8. The predicted octanol–water partition coefficient (Wildman–Crippen LogP) is 2.21. The van der Waals surface area contributed by atoms with Gasteiger partial charge in [-0.25, -0.2) is 0 Å². The van der Waals surface area contributed by atoms with Gasteiger partial charge in [0.15, 0.2) is 0 Å². The van der Waals surface area contributed by atoms with E-state index in [9.17, 15) is 9.59 Å². The minimum Gasteiger partial charge on any atom is -0.481 e. The number of aryl methyl sites for hydroxylation is 1. The van der Waals surface area contributed by atoms with Crippen LogP contribution in [0, 0.1) is 6.92 Å². The van der Waals surface area contributed by atoms with E-state index in [0.29, 0.717) is 13.0 Å². The van der Waals surface area contributed by atoms with Crippen molar-refractivity contribution in [2.45, 2.75) is 33.2 Å². The van der Waals surface area contributed by atoms with Crippen LogP contribution in [0.4, 0.5) is 0 Å². The average Bonchev–Trinajstić information content (AvgIpc) is 2.35. The van der Waals surface area contributed by atoms with Crippen molar-refractivity contribution < 1.29 is 14.7 Å². The van der Waals surface area contributed by atoms with E-state index in [2.05, 4.69) is 0 Å². The number of hydrogen-bond donors (Lipinski definition) is 1. The van der Waals surface area contributed by atoms with Crippen molar-refractivity contribution in [3.8, 4) is 0 Å². The summed E-state index contributed by atoms with van der Waals surface area (Å²) >= 11 is 0. The lowest BCUT2D eigenvalue weighted by atomic mass is 10.1. The number of hydrogen-bond acceptors (Lipinski definition) is 2. The Morgan fingerprint density at radius 2 is 1.83 bits per heavy atom. The van der Waals surface area contributed by atoms with Gasteiger partial charge in [0.25, 0.3) is 0 Å². The van der Waals surface area contributed by atoms with Crippen molar-refractivity contribution >= 4 is 11.9 Å². The Hall–Kier alpha value is -1.84. The molecule has 0 atom stereocenters. The molecule has 0 aliphatic rings. The van der Waals surface area contributed by atoms with Crippen molar-refractivity contribution in [2.75, 3.05) is 6.54 Å². The topological polar surface area (TPSA) is 57.6 Å². The van der Waals surface area contributed by atoms with Gasteiger partial charge in [-0.1, -0.05) is 36.8 Å². The molecule has 1 aromatic rings. The highest BCUT2D eigenvalue weighted by atomic mass is 16.4. The second-order valence-electron chi connectivity index (χ2n) is 4.30. The number of carboxylic acids is 1. The van der Waals surface area contributed by atoms with Gasteiger partial charge < -0.3 is 10.0 Å². The predicted molar refractivity (Wildman–Crippen MR) is 69.1 cm³/mol. The standard InChI is InChI=1S/C14H19NO3/c1-3-13(16)15(9-8-14(17)18)10-12-6-4-11(2)5-7-12/h4-7H,3,8-10H2,1-2H3,(H,17,18). The molecule has 18 heavy (non-hydrogen) atoms. The second kappa shape index (κ2) is 6.79. The highest BCUT2D eigenvalue weighted by Crippen LogP contribution is 2.08. The quantitative estimate of drug-likeness (QED) is 0.841. The third kappa shape index (κ3) is 4.57. The Labute approximate surface area is 107 Å². The van der Waals surface area contributed by atoms with E-state index in [1.165, 1.54) is 0 Å². The first-order chi connectivity index (χ1) is 8.52. The molecular formula is C14H19NO3. The van der Waals surface area contributed by atoms with E-state index in [4.69, 9.17) is 5.11 Å². The third-order valence-electron chi connectivity index (χ3n) is 2.74. The number of amides is 1. The molecule has 4 heteroatoms. The van der Waals surface area contributed by atoms with Gasteiger partial charge in [-0.3, -0.25) is 9.59 Å². The maximum atomic E-state index is 11.7. The summed E-state index contributed by atoms with van der Waals surface area (Å²) in [6, 6.07) is 7.90. The molecule has 0 aliphatic carbocycles. The average molecular weight is 249 g/mol. The number of benzene rings is 1. The second-order valence-corrected chi connectivity index (χ2v) is 4.30. The van der Waals surface area contributed by atoms with Crippen LogP contribution in [0.15, 0.2) is 24.3 Å². The Balaban J connectivity index is 2.68. The molecule has 98 valence electrons. The Morgan fingerprint density at radius 1 is 1.22 bits per heavy atom. The monoisotopic (exact) mass is 249 g/mol. The van der Waals surface area contributed by atoms with E-state index < -0.39 is 5.97 Å². The molecule has 0 unspecified atom stereocenters. The number of carboxylic acid groups (broad SMARTS) is 1. The summed E-state index contributed by atoms with van der Waals surface area (Å²) in [5.74, 6) is -0.898. The third-order valence-corrected chi connectivity index (χ3v) is 2.74. The van der Waals surface area contributed by atoms with E-state index >= 15 is 0 Å². The van der Waals surface area contributed by atoms with Crippen molar-refractivity contribution in [3.05, 3.63) is 35.4 Å². The molecule has 1 rings (SSSR count). The number of carbonyl (C=O) groups excluding carboxylic acids is 1. The van der Waals surface area contributed by atoms with Crippen LogP contribution in [0.3, 0.4) is 0 Å². The molecule has 0 fully saturated rings. The maximum absolute atomic E-state index is 11.7. The molecular weight excluding hydrogens is 230 g/mol. The molecule has 0 saturated heterocycles. The molecule has 0 saturated carbocycles. The van der Waals surface area contributed by atoms with Gasteiger partial charge in [0.1, 0.15) is 0 Å². The maximum Gasteiger partial charge on any atom is 0.305 e. The van der Waals surface area contributed by atoms with Gasteiger partial charge in [0.05, 0.1) is 6.42 Å². The summed E-state index contributed by atoms with van der Waals surface area (Å²) in [7, 11) is 0. The number of carbonyl (C=O) groups is 2. The first-order valence-electron chi connectivity index (χ1n) is 6.08. The van der Waals surface area contributed by atoms with Gasteiger partial charge in [-0.05, 0) is 12.5 Å². The fourth-order valence-electron chi connectivity index (χ4n) is 1.66. The van der Waals surface area contributed by atoms with E-state index in [-0.39, 0.29) is 18.9 Å². The van der Waals surface area contributed by atoms with Crippen LogP contribution in [0.5, 0.6) is 0 Å². The summed E-state index contributed by atoms with van der Waals surface area (Å²) in [5, 5.41) is 8.68. The van der Waals surface area contributed by atoms with Crippen molar-refractivity contribution in [1.29, 1.82) is 0 Å². The molecule has 1 aromatic carbocycles. The lowest BCUT2D eigenvalue weighted by Crippen LogP contribution is -2.31. The molecule has 0 bridgehead atoms. The van der Waals surface area contributed by atoms with Crippen LogP contribution in [-0.2, 0) is 16.1 Å². The smallest absolute Gasteiger partial charge is 0.305 e. The van der Waals surface area contributed by atoms with E-state index in [1.807, 2.05) is 31.2 Å². The van der Waals surface area contributed by atoms with Gasteiger partial charge in [-0.15, -0.1) is 0 Å². The van der Waals surface area contributed by atoms with Crippen LogP contribution in [-0.4, -0.2) is 28.4 Å². The van der Waals surface area contributed by atoms with Gasteiger partial charge in [0.2, 0.25) is 5.91 Å². The normalized spacial score (nSPS) is 10.1. The van der Waals surface area contributed by atoms with Crippen molar-refractivity contribution in [3.63, 3.8) is 0 Å². The molecule has 0 spiro atoms. The molecule has 4 nitrogen and oxygen atoms in total.